The lowest BCUT2D eigenvalue weighted by molar-refractivity contribution is 0.0600. The van der Waals surface area contributed by atoms with Crippen LogP contribution in [0.4, 0.5) is 0 Å². The van der Waals surface area contributed by atoms with Crippen LogP contribution in [0.2, 0.25) is 0 Å². The van der Waals surface area contributed by atoms with E-state index < -0.39 is 16.0 Å². The van der Waals surface area contributed by atoms with Gasteiger partial charge in [-0.2, -0.15) is 0 Å². The van der Waals surface area contributed by atoms with Gasteiger partial charge in [-0.25, -0.2) is 17.9 Å². The van der Waals surface area contributed by atoms with Crippen LogP contribution in [0.25, 0.3) is 0 Å². The molecule has 5 nitrogen and oxygen atoms in total. The Labute approximate surface area is 132 Å². The number of carbonyl (C=O) groups is 1. The number of methoxy groups -OCH3 is 1. The third-order valence-corrected chi connectivity index (χ3v) is 6.07. The number of nitrogens with one attached hydrogen (secondary N) is 1. The number of ether oxygens (including phenoxy) is 1. The van der Waals surface area contributed by atoms with Crippen LogP contribution < -0.4 is 4.72 Å². The monoisotopic (exact) mass is 325 g/mol. The highest BCUT2D eigenvalue weighted by Gasteiger charge is 2.30. The van der Waals surface area contributed by atoms with Gasteiger partial charge >= 0.3 is 5.97 Å². The fourth-order valence-electron chi connectivity index (χ4n) is 2.92. The lowest BCUT2D eigenvalue weighted by atomic mass is 9.78. The van der Waals surface area contributed by atoms with E-state index in [0.29, 0.717) is 11.8 Å². The van der Waals surface area contributed by atoms with E-state index in [2.05, 4.69) is 23.3 Å². The molecule has 0 aromatic heterocycles. The summed E-state index contributed by atoms with van der Waals surface area (Å²) < 4.78 is 32.5. The largest absolute Gasteiger partial charge is 0.465 e. The van der Waals surface area contributed by atoms with Gasteiger partial charge in [-0.1, -0.05) is 32.8 Å². The molecule has 0 amide bonds. The van der Waals surface area contributed by atoms with E-state index in [1.54, 1.807) is 6.07 Å². The number of hydrogen-bond donors (Lipinski definition) is 1. The van der Waals surface area contributed by atoms with Gasteiger partial charge in [0.25, 0.3) is 0 Å². The molecular formula is C16H23NO4S. The van der Waals surface area contributed by atoms with Crippen LogP contribution in [0.5, 0.6) is 0 Å². The first-order chi connectivity index (χ1) is 10.3. The summed E-state index contributed by atoms with van der Waals surface area (Å²) in [6, 6.07) is 5.87. The second-order valence-corrected chi connectivity index (χ2v) is 7.73. The fraction of sp³-hybridized carbons (Fsp3) is 0.562. The summed E-state index contributed by atoms with van der Waals surface area (Å²) in [6.07, 6.45) is 3.01. The van der Waals surface area contributed by atoms with Gasteiger partial charge in [-0.05, 0) is 36.5 Å². The molecular weight excluding hydrogens is 302 g/mol. The molecule has 0 aliphatic heterocycles. The highest BCUT2D eigenvalue weighted by Crippen LogP contribution is 2.30. The van der Waals surface area contributed by atoms with Gasteiger partial charge < -0.3 is 4.74 Å². The van der Waals surface area contributed by atoms with Crippen LogP contribution >= 0.6 is 0 Å². The Morgan fingerprint density at radius 2 is 2.00 bits per heavy atom. The molecule has 2 rings (SSSR count). The lowest BCUT2D eigenvalue weighted by Crippen LogP contribution is -2.43. The Kier molecular flexibility index (Phi) is 5.24. The van der Waals surface area contributed by atoms with Crippen molar-refractivity contribution in [3.63, 3.8) is 0 Å². The van der Waals surface area contributed by atoms with Crippen molar-refractivity contribution < 1.29 is 17.9 Å². The van der Waals surface area contributed by atoms with E-state index in [-0.39, 0.29) is 16.5 Å². The first-order valence-corrected chi connectivity index (χ1v) is 9.04. The van der Waals surface area contributed by atoms with Crippen molar-refractivity contribution in [1.82, 2.24) is 4.72 Å². The van der Waals surface area contributed by atoms with Gasteiger partial charge in [0.1, 0.15) is 0 Å². The van der Waals surface area contributed by atoms with Gasteiger partial charge in [0.05, 0.1) is 17.6 Å². The molecule has 0 bridgehead atoms. The average Bonchev–Trinajstić information content (AvgIpc) is 2.51. The highest BCUT2D eigenvalue weighted by atomic mass is 32.2. The van der Waals surface area contributed by atoms with E-state index >= 15 is 0 Å². The van der Waals surface area contributed by atoms with Crippen LogP contribution in [0.15, 0.2) is 29.2 Å². The van der Waals surface area contributed by atoms with Crippen molar-refractivity contribution in [2.24, 2.45) is 11.8 Å². The van der Waals surface area contributed by atoms with Gasteiger partial charge in [0.2, 0.25) is 10.0 Å². The zero-order chi connectivity index (χ0) is 16.3. The van der Waals surface area contributed by atoms with Crippen LogP contribution in [-0.2, 0) is 14.8 Å². The lowest BCUT2D eigenvalue weighted by Gasteiger charge is -2.34. The maximum absolute atomic E-state index is 12.6. The van der Waals surface area contributed by atoms with Crippen molar-refractivity contribution >= 4 is 16.0 Å². The van der Waals surface area contributed by atoms with Crippen LogP contribution in [0.1, 0.15) is 43.5 Å². The summed E-state index contributed by atoms with van der Waals surface area (Å²) in [5, 5.41) is 0. The quantitative estimate of drug-likeness (QED) is 0.864. The Hall–Kier alpha value is -1.40. The molecule has 1 N–H and O–H groups in total. The van der Waals surface area contributed by atoms with Crippen molar-refractivity contribution in [1.29, 1.82) is 0 Å². The number of carbonyl (C=O) groups excluding carboxylic acids is 1. The highest BCUT2D eigenvalue weighted by molar-refractivity contribution is 7.89. The molecule has 22 heavy (non-hydrogen) atoms. The Morgan fingerprint density at radius 1 is 1.27 bits per heavy atom. The predicted molar refractivity (Wildman–Crippen MR) is 84.1 cm³/mol. The van der Waals surface area contributed by atoms with Crippen LogP contribution in [0, 0.1) is 11.8 Å². The molecule has 3 unspecified atom stereocenters. The minimum Gasteiger partial charge on any atom is -0.465 e. The SMILES string of the molecule is COC(=O)c1cccc(S(=O)(=O)NC2CCCC(C)C2C)c1. The van der Waals surface area contributed by atoms with Crippen molar-refractivity contribution in [2.45, 2.75) is 44.0 Å². The molecule has 0 heterocycles. The summed E-state index contributed by atoms with van der Waals surface area (Å²) in [6.45, 7) is 4.24. The Bertz CT molecular complexity index is 641. The number of rotatable bonds is 4. The molecule has 0 spiro atoms. The third kappa shape index (κ3) is 3.67. The first kappa shape index (κ1) is 17.0. The van der Waals surface area contributed by atoms with Gasteiger partial charge in [0, 0.05) is 6.04 Å². The van der Waals surface area contributed by atoms with E-state index in [0.717, 1.165) is 19.3 Å². The van der Waals surface area contributed by atoms with E-state index in [9.17, 15) is 13.2 Å². The average molecular weight is 325 g/mol. The van der Waals surface area contributed by atoms with Crippen LogP contribution in [-0.4, -0.2) is 27.5 Å². The van der Waals surface area contributed by atoms with Crippen molar-refractivity contribution in [3.8, 4) is 0 Å². The number of benzene rings is 1. The number of esters is 1. The molecule has 0 radical (unpaired) electrons. The molecule has 1 aromatic carbocycles. The van der Waals surface area contributed by atoms with E-state index in [4.69, 9.17) is 0 Å². The summed E-state index contributed by atoms with van der Waals surface area (Å²) >= 11 is 0. The maximum atomic E-state index is 12.6. The molecule has 3 atom stereocenters. The smallest absolute Gasteiger partial charge is 0.337 e. The predicted octanol–water partition coefficient (Wildman–Crippen LogP) is 2.58. The normalized spacial score (nSPS) is 25.7. The van der Waals surface area contributed by atoms with E-state index in [1.165, 1.54) is 25.3 Å². The van der Waals surface area contributed by atoms with Crippen molar-refractivity contribution in [3.05, 3.63) is 29.8 Å². The summed E-state index contributed by atoms with van der Waals surface area (Å²) in [5.41, 5.74) is 0.232. The minimum atomic E-state index is -3.64. The maximum Gasteiger partial charge on any atom is 0.337 e. The topological polar surface area (TPSA) is 72.5 Å². The standard InChI is InChI=1S/C16H23NO4S/c1-11-6-4-9-15(12(11)2)17-22(19,20)14-8-5-7-13(10-14)16(18)21-3/h5,7-8,10-12,15,17H,4,6,9H2,1-3H3. The van der Waals surface area contributed by atoms with Crippen LogP contribution in [0.3, 0.4) is 0 Å². The molecule has 1 fully saturated rings. The summed E-state index contributed by atoms with van der Waals surface area (Å²) in [7, 11) is -2.37. The zero-order valence-electron chi connectivity index (χ0n) is 13.2. The molecule has 1 aliphatic rings. The second kappa shape index (κ2) is 6.79. The number of hydrogen-bond acceptors (Lipinski definition) is 4. The summed E-state index contributed by atoms with van der Waals surface area (Å²) in [5.74, 6) is 0.256. The fourth-order valence-corrected chi connectivity index (χ4v) is 4.33. The number of sulfonamides is 1. The van der Waals surface area contributed by atoms with Crippen molar-refractivity contribution in [2.75, 3.05) is 7.11 Å². The van der Waals surface area contributed by atoms with Gasteiger partial charge in [-0.3, -0.25) is 0 Å². The second-order valence-electron chi connectivity index (χ2n) is 6.01. The Morgan fingerprint density at radius 3 is 2.68 bits per heavy atom. The van der Waals surface area contributed by atoms with Gasteiger partial charge in [-0.15, -0.1) is 0 Å². The molecule has 1 aliphatic carbocycles. The molecule has 1 aromatic rings. The summed E-state index contributed by atoms with van der Waals surface area (Å²) in [4.78, 5) is 11.6. The molecule has 6 heteroatoms. The Balaban J connectivity index is 2.21. The minimum absolute atomic E-state index is 0.0597. The molecule has 0 saturated heterocycles. The van der Waals surface area contributed by atoms with E-state index in [1.807, 2.05) is 0 Å². The zero-order valence-corrected chi connectivity index (χ0v) is 14.0. The molecule has 1 saturated carbocycles. The first-order valence-electron chi connectivity index (χ1n) is 7.56. The third-order valence-electron chi connectivity index (χ3n) is 4.58. The van der Waals surface area contributed by atoms with Gasteiger partial charge in [0.15, 0.2) is 0 Å². The molecule has 122 valence electrons.